The van der Waals surface area contributed by atoms with Crippen LogP contribution in [0.3, 0.4) is 0 Å². The van der Waals surface area contributed by atoms with E-state index in [0.717, 1.165) is 15.2 Å². The second-order valence-corrected chi connectivity index (χ2v) is 6.33. The van der Waals surface area contributed by atoms with Gasteiger partial charge in [-0.1, -0.05) is 23.5 Å². The molecule has 0 aliphatic heterocycles. The summed E-state index contributed by atoms with van der Waals surface area (Å²) in [6.45, 7) is 1.82. The number of nitrogens with zero attached hydrogens (tertiary/aromatic N) is 3. The molecule has 2 aromatic heterocycles. The number of carbonyl (C=O) groups is 1. The highest BCUT2D eigenvalue weighted by molar-refractivity contribution is 7.16. The zero-order valence-corrected chi connectivity index (χ0v) is 13.5. The van der Waals surface area contributed by atoms with E-state index in [1.807, 2.05) is 42.8 Å². The van der Waals surface area contributed by atoms with Crippen molar-refractivity contribution >= 4 is 44.0 Å². The molecule has 108 valence electrons. The summed E-state index contributed by atoms with van der Waals surface area (Å²) in [6, 6.07) is 8.01. The summed E-state index contributed by atoms with van der Waals surface area (Å²) in [4.78, 5) is 17.4. The maximum atomic E-state index is 12.5. The van der Waals surface area contributed by atoms with Crippen molar-refractivity contribution in [2.24, 2.45) is 12.0 Å². The van der Waals surface area contributed by atoms with Crippen LogP contribution >= 0.6 is 22.9 Å². The minimum atomic E-state index is -0.257. The summed E-state index contributed by atoms with van der Waals surface area (Å²) in [5, 5.41) is 3.75. The smallest absolute Gasteiger partial charge is 0.284 e. The van der Waals surface area contributed by atoms with Gasteiger partial charge in [0.15, 0.2) is 4.80 Å². The maximum absolute atomic E-state index is 12.5. The van der Waals surface area contributed by atoms with Crippen molar-refractivity contribution in [1.82, 2.24) is 8.94 Å². The number of thiazole rings is 1. The monoisotopic (exact) mass is 318 g/mol. The molecule has 0 aliphatic carbocycles. The van der Waals surface area contributed by atoms with Gasteiger partial charge in [0, 0.05) is 14.1 Å². The van der Waals surface area contributed by atoms with Gasteiger partial charge in [0.2, 0.25) is 0 Å². The standard InChI is InChI=1S/C14H14N4OS2/c1-8-11(13(15-2)21-17-8)12(19)16-14-18(3)9-6-4-5-7-10(9)20-14/h4-7,15H,1-3H3. The van der Waals surface area contributed by atoms with Crippen molar-refractivity contribution < 1.29 is 4.79 Å². The fraction of sp³-hybridized carbons (Fsp3) is 0.214. The number of aryl methyl sites for hydroxylation is 2. The molecule has 2 heterocycles. The molecule has 0 saturated heterocycles. The Kier molecular flexibility index (Phi) is 3.60. The van der Waals surface area contributed by atoms with Gasteiger partial charge in [-0.25, -0.2) is 0 Å². The number of benzene rings is 1. The number of fused-ring (bicyclic) bond motifs is 1. The summed E-state index contributed by atoms with van der Waals surface area (Å²) >= 11 is 2.79. The Morgan fingerprint density at radius 2 is 2.14 bits per heavy atom. The zero-order valence-electron chi connectivity index (χ0n) is 11.9. The lowest BCUT2D eigenvalue weighted by molar-refractivity contribution is 0.0998. The SMILES string of the molecule is CNc1snc(C)c1C(=O)N=c1sc2ccccc2n1C. The van der Waals surface area contributed by atoms with E-state index in [1.54, 1.807) is 7.05 Å². The Labute approximate surface area is 129 Å². The molecule has 0 unspecified atom stereocenters. The number of aromatic nitrogens is 2. The van der Waals surface area contributed by atoms with Crippen LogP contribution in [-0.4, -0.2) is 21.9 Å². The van der Waals surface area contributed by atoms with Crippen molar-refractivity contribution in [3.8, 4) is 0 Å². The molecule has 1 amide bonds. The number of nitrogens with one attached hydrogen (secondary N) is 1. The van der Waals surface area contributed by atoms with Crippen molar-refractivity contribution in [2.75, 3.05) is 12.4 Å². The van der Waals surface area contributed by atoms with Crippen LogP contribution in [0.4, 0.5) is 5.00 Å². The lowest BCUT2D eigenvalue weighted by atomic mass is 10.2. The van der Waals surface area contributed by atoms with E-state index in [0.29, 0.717) is 16.1 Å². The molecule has 0 fully saturated rings. The zero-order chi connectivity index (χ0) is 15.0. The number of para-hydroxylation sites is 1. The fourth-order valence-corrected chi connectivity index (χ4v) is 3.88. The third-order valence-electron chi connectivity index (χ3n) is 3.22. The lowest BCUT2D eigenvalue weighted by Gasteiger charge is -1.98. The molecule has 7 heteroatoms. The molecular weight excluding hydrogens is 304 g/mol. The van der Waals surface area contributed by atoms with Gasteiger partial charge in [-0.2, -0.15) is 9.37 Å². The van der Waals surface area contributed by atoms with Gasteiger partial charge in [0.1, 0.15) is 5.00 Å². The number of hydrogen-bond donors (Lipinski definition) is 1. The lowest BCUT2D eigenvalue weighted by Crippen LogP contribution is -2.14. The number of rotatable bonds is 2. The van der Waals surface area contributed by atoms with Crippen LogP contribution in [-0.2, 0) is 7.05 Å². The highest BCUT2D eigenvalue weighted by atomic mass is 32.1. The van der Waals surface area contributed by atoms with Gasteiger partial charge in [-0.05, 0) is 30.6 Å². The summed E-state index contributed by atoms with van der Waals surface area (Å²) < 4.78 is 7.26. The van der Waals surface area contributed by atoms with E-state index in [-0.39, 0.29) is 5.91 Å². The van der Waals surface area contributed by atoms with Crippen LogP contribution in [0.2, 0.25) is 0 Å². The minimum Gasteiger partial charge on any atom is -0.378 e. The van der Waals surface area contributed by atoms with Gasteiger partial charge in [0.05, 0.1) is 21.5 Å². The average molecular weight is 318 g/mol. The molecule has 0 saturated carbocycles. The molecular formula is C14H14N4OS2. The van der Waals surface area contributed by atoms with Crippen molar-refractivity contribution in [1.29, 1.82) is 0 Å². The second-order valence-electron chi connectivity index (χ2n) is 4.55. The Bertz CT molecular complexity index is 888. The molecule has 0 aliphatic rings. The number of carbonyl (C=O) groups excluding carboxylic acids is 1. The van der Waals surface area contributed by atoms with Crippen LogP contribution in [0.1, 0.15) is 16.1 Å². The van der Waals surface area contributed by atoms with E-state index in [1.165, 1.54) is 22.9 Å². The predicted molar refractivity (Wildman–Crippen MR) is 87.1 cm³/mol. The number of hydrogen-bond acceptors (Lipinski definition) is 5. The summed E-state index contributed by atoms with van der Waals surface area (Å²) in [5.41, 5.74) is 2.34. The molecule has 3 aromatic rings. The van der Waals surface area contributed by atoms with E-state index in [4.69, 9.17) is 0 Å². The van der Waals surface area contributed by atoms with Crippen molar-refractivity contribution in [2.45, 2.75) is 6.92 Å². The predicted octanol–water partition coefficient (Wildman–Crippen LogP) is 2.79. The first-order valence-corrected chi connectivity index (χ1v) is 7.98. The van der Waals surface area contributed by atoms with E-state index < -0.39 is 0 Å². The van der Waals surface area contributed by atoms with Gasteiger partial charge in [-0.15, -0.1) is 0 Å². The van der Waals surface area contributed by atoms with Crippen LogP contribution in [0.5, 0.6) is 0 Å². The molecule has 21 heavy (non-hydrogen) atoms. The third-order valence-corrected chi connectivity index (χ3v) is 5.28. The van der Waals surface area contributed by atoms with E-state index in [9.17, 15) is 4.79 Å². The molecule has 3 rings (SSSR count). The molecule has 0 spiro atoms. The first kappa shape index (κ1) is 14.0. The van der Waals surface area contributed by atoms with Gasteiger partial charge in [-0.3, -0.25) is 4.79 Å². The molecule has 1 aromatic carbocycles. The highest BCUT2D eigenvalue weighted by Gasteiger charge is 2.17. The largest absolute Gasteiger partial charge is 0.378 e. The van der Waals surface area contributed by atoms with Gasteiger partial charge >= 0.3 is 0 Å². The average Bonchev–Trinajstić information content (AvgIpc) is 3.00. The Hall–Kier alpha value is -1.99. The number of amides is 1. The van der Waals surface area contributed by atoms with Crippen LogP contribution in [0.25, 0.3) is 10.2 Å². The van der Waals surface area contributed by atoms with Crippen molar-refractivity contribution in [3.63, 3.8) is 0 Å². The maximum Gasteiger partial charge on any atom is 0.284 e. The summed E-state index contributed by atoms with van der Waals surface area (Å²) in [6.07, 6.45) is 0. The van der Waals surface area contributed by atoms with Crippen LogP contribution in [0, 0.1) is 6.92 Å². The second kappa shape index (κ2) is 5.42. The molecule has 0 bridgehead atoms. The van der Waals surface area contributed by atoms with E-state index >= 15 is 0 Å². The van der Waals surface area contributed by atoms with E-state index in [2.05, 4.69) is 14.7 Å². The first-order valence-electron chi connectivity index (χ1n) is 6.39. The summed E-state index contributed by atoms with van der Waals surface area (Å²) in [7, 11) is 3.70. The molecule has 0 atom stereocenters. The normalized spacial score (nSPS) is 12.0. The molecule has 5 nitrogen and oxygen atoms in total. The van der Waals surface area contributed by atoms with Crippen LogP contribution < -0.4 is 10.1 Å². The van der Waals surface area contributed by atoms with Crippen molar-refractivity contribution in [3.05, 3.63) is 40.3 Å². The van der Waals surface area contributed by atoms with Gasteiger partial charge in [0.25, 0.3) is 5.91 Å². The Morgan fingerprint density at radius 3 is 2.86 bits per heavy atom. The highest BCUT2D eigenvalue weighted by Crippen LogP contribution is 2.24. The van der Waals surface area contributed by atoms with Crippen LogP contribution in [0.15, 0.2) is 29.3 Å². The molecule has 0 radical (unpaired) electrons. The summed E-state index contributed by atoms with van der Waals surface area (Å²) in [5.74, 6) is -0.257. The third kappa shape index (κ3) is 2.38. The Balaban J connectivity index is 2.13. The fourth-order valence-electron chi connectivity index (χ4n) is 2.12. The number of anilines is 1. The molecule has 1 N–H and O–H groups in total. The quantitative estimate of drug-likeness (QED) is 0.790. The first-order chi connectivity index (χ1) is 10.1. The Morgan fingerprint density at radius 1 is 1.38 bits per heavy atom. The minimum absolute atomic E-state index is 0.257. The topological polar surface area (TPSA) is 59.3 Å². The van der Waals surface area contributed by atoms with Gasteiger partial charge < -0.3 is 9.88 Å².